The first-order chi connectivity index (χ1) is 21.5. The molecule has 238 valence electrons. The molecule has 0 atom stereocenters. The fourth-order valence-corrected chi connectivity index (χ4v) is 5.84. The molecule has 0 fully saturated rings. The maximum absolute atomic E-state index is 13.7. The highest BCUT2D eigenvalue weighted by atomic mass is 35.5. The number of ether oxygens (including phenoxy) is 4. The van der Waals surface area contributed by atoms with Crippen LogP contribution in [0.4, 0.5) is 4.39 Å². The first-order valence-electron chi connectivity index (χ1n) is 14.4. The van der Waals surface area contributed by atoms with E-state index in [9.17, 15) is 17.4 Å². The fourth-order valence-electron chi connectivity index (χ4n) is 5.09. The third-order valence-corrected chi connectivity index (χ3v) is 8.58. The van der Waals surface area contributed by atoms with Crippen LogP contribution in [0.3, 0.4) is 0 Å². The molecule has 0 amide bonds. The lowest BCUT2D eigenvalue weighted by molar-refractivity contribution is 0.171. The molecule has 11 heteroatoms. The van der Waals surface area contributed by atoms with Gasteiger partial charge in [0.1, 0.15) is 43.7 Å². The molecule has 4 aromatic rings. The second-order valence-corrected chi connectivity index (χ2v) is 13.0. The third kappa shape index (κ3) is 8.46. The molecule has 0 aromatic heterocycles. The number of aryl methyl sites for hydroxylation is 1. The predicted molar refractivity (Wildman–Crippen MR) is 172 cm³/mol. The van der Waals surface area contributed by atoms with Gasteiger partial charge in [-0.05, 0) is 84.6 Å². The largest absolute Gasteiger partial charge is 0.488 e. The monoisotopic (exact) mass is 655 g/mol. The molecule has 1 aliphatic rings. The molecular weight excluding hydrogens is 621 g/mol. The smallest absolute Gasteiger partial charge is 0.266 e. The van der Waals surface area contributed by atoms with Crippen LogP contribution in [0, 0.1) is 19.7 Å². The van der Waals surface area contributed by atoms with Crippen molar-refractivity contribution >= 4 is 21.7 Å². The van der Waals surface area contributed by atoms with Crippen molar-refractivity contribution < 1.29 is 36.3 Å². The van der Waals surface area contributed by atoms with E-state index < -0.39 is 21.7 Å². The van der Waals surface area contributed by atoms with Gasteiger partial charge in [-0.3, -0.25) is 4.55 Å². The number of benzene rings is 4. The van der Waals surface area contributed by atoms with E-state index in [1.54, 1.807) is 18.0 Å². The Kier molecular flexibility index (Phi) is 10.2. The Morgan fingerprint density at radius 2 is 1.67 bits per heavy atom. The van der Waals surface area contributed by atoms with Crippen molar-refractivity contribution in [2.75, 3.05) is 32.6 Å². The average molecular weight is 656 g/mol. The quantitative estimate of drug-likeness (QED) is 0.163. The number of fused-ring (bicyclic) bond motifs is 1. The molecule has 0 radical (unpaired) electrons. The van der Waals surface area contributed by atoms with Gasteiger partial charge >= 0.3 is 0 Å². The second-order valence-electron chi connectivity index (χ2n) is 11.0. The molecule has 8 nitrogen and oxygen atoms in total. The summed E-state index contributed by atoms with van der Waals surface area (Å²) >= 11 is 5.97. The summed E-state index contributed by atoms with van der Waals surface area (Å²) in [5.74, 6) is 1.72. The highest BCUT2D eigenvalue weighted by Gasteiger charge is 2.17. The normalized spacial score (nSPS) is 12.8. The van der Waals surface area contributed by atoms with Gasteiger partial charge in [-0.2, -0.15) is 8.42 Å². The second kappa shape index (κ2) is 14.1. The average Bonchev–Trinajstić information content (AvgIpc) is 3.01. The Hall–Kier alpha value is -3.83. The molecule has 5 rings (SSSR count). The molecule has 45 heavy (non-hydrogen) atoms. The molecule has 0 bridgehead atoms. The zero-order valence-electron chi connectivity index (χ0n) is 25.3. The van der Waals surface area contributed by atoms with E-state index in [1.807, 2.05) is 49.4 Å². The van der Waals surface area contributed by atoms with Crippen molar-refractivity contribution in [1.82, 2.24) is 4.90 Å². The van der Waals surface area contributed by atoms with Gasteiger partial charge in [0.25, 0.3) is 10.1 Å². The summed E-state index contributed by atoms with van der Waals surface area (Å²) in [7, 11) is -2.34. The van der Waals surface area contributed by atoms with Crippen molar-refractivity contribution in [2.45, 2.75) is 33.6 Å². The molecule has 0 saturated carbocycles. The van der Waals surface area contributed by atoms with Crippen LogP contribution in [0.2, 0.25) is 5.02 Å². The Morgan fingerprint density at radius 3 is 2.42 bits per heavy atom. The summed E-state index contributed by atoms with van der Waals surface area (Å²) < 4.78 is 69.4. The minimum Gasteiger partial charge on any atom is -0.488 e. The molecule has 1 heterocycles. The molecule has 1 aliphatic heterocycles. The molecule has 0 saturated heterocycles. The van der Waals surface area contributed by atoms with Gasteiger partial charge in [-0.15, -0.1) is 0 Å². The van der Waals surface area contributed by atoms with E-state index >= 15 is 0 Å². The highest BCUT2D eigenvalue weighted by molar-refractivity contribution is 7.85. The number of rotatable bonds is 12. The Bertz CT molecular complexity index is 1800. The van der Waals surface area contributed by atoms with Crippen LogP contribution >= 0.6 is 11.6 Å². The summed E-state index contributed by atoms with van der Waals surface area (Å²) in [6.07, 6.45) is 0. The molecule has 1 N–H and O–H groups in total. The lowest BCUT2D eigenvalue weighted by Crippen LogP contribution is -2.25. The number of nitrogens with zero attached hydrogens (tertiary/aromatic N) is 1. The van der Waals surface area contributed by atoms with E-state index in [-0.39, 0.29) is 18.2 Å². The van der Waals surface area contributed by atoms with Gasteiger partial charge in [0.15, 0.2) is 11.5 Å². The minimum absolute atomic E-state index is 0.00282. The van der Waals surface area contributed by atoms with Gasteiger partial charge in [0, 0.05) is 24.7 Å². The van der Waals surface area contributed by atoms with E-state index in [0.29, 0.717) is 43.4 Å². The van der Waals surface area contributed by atoms with Crippen molar-refractivity contribution in [3.63, 3.8) is 0 Å². The summed E-state index contributed by atoms with van der Waals surface area (Å²) in [6.45, 7) is 5.97. The van der Waals surface area contributed by atoms with Gasteiger partial charge in [0.05, 0.1) is 10.8 Å². The Morgan fingerprint density at radius 1 is 0.911 bits per heavy atom. The van der Waals surface area contributed by atoms with Gasteiger partial charge in [0.2, 0.25) is 0 Å². The molecule has 0 spiro atoms. The number of hydrogen-bond acceptors (Lipinski definition) is 7. The maximum Gasteiger partial charge on any atom is 0.266 e. The fraction of sp³-hybridized carbons (Fsp3) is 0.294. The zero-order valence-corrected chi connectivity index (χ0v) is 26.9. The van der Waals surface area contributed by atoms with Gasteiger partial charge < -0.3 is 23.8 Å². The molecule has 4 aromatic carbocycles. The zero-order chi connectivity index (χ0) is 32.1. The lowest BCUT2D eigenvalue weighted by atomic mass is 9.96. The topological polar surface area (TPSA) is 94.5 Å². The van der Waals surface area contributed by atoms with Crippen molar-refractivity contribution in [1.29, 1.82) is 0 Å². The van der Waals surface area contributed by atoms with Gasteiger partial charge in [-0.25, -0.2) is 4.39 Å². The van der Waals surface area contributed by atoms with Crippen molar-refractivity contribution in [3.8, 4) is 34.1 Å². The summed E-state index contributed by atoms with van der Waals surface area (Å²) in [4.78, 5) is 1.78. The SMILES string of the molecule is Cc1cc(CN(C)CCS(=O)(=O)O)c(OCc2ccc(F)c(Cl)c2)cc1OCc1cccc(-c2ccc3c(c2)OCCO3)c1C. The highest BCUT2D eigenvalue weighted by Crippen LogP contribution is 2.37. The maximum atomic E-state index is 13.7. The number of halogens is 2. The number of hydrogen-bond donors (Lipinski definition) is 1. The van der Waals surface area contributed by atoms with Crippen LogP contribution in [-0.2, 0) is 29.9 Å². The first-order valence-corrected chi connectivity index (χ1v) is 16.4. The van der Waals surface area contributed by atoms with Crippen LogP contribution in [-0.4, -0.2) is 50.4 Å². The van der Waals surface area contributed by atoms with E-state index in [2.05, 4.69) is 13.0 Å². The summed E-state index contributed by atoms with van der Waals surface area (Å²) in [6, 6.07) is 20.2. The first kappa shape index (κ1) is 32.6. The van der Waals surface area contributed by atoms with Crippen LogP contribution in [0.5, 0.6) is 23.0 Å². The lowest BCUT2D eigenvalue weighted by Gasteiger charge is -2.21. The summed E-state index contributed by atoms with van der Waals surface area (Å²) in [5.41, 5.74) is 6.52. The summed E-state index contributed by atoms with van der Waals surface area (Å²) in [5, 5.41) is 0.00282. The van der Waals surface area contributed by atoms with Gasteiger partial charge in [-0.1, -0.05) is 41.9 Å². The van der Waals surface area contributed by atoms with Crippen LogP contribution in [0.1, 0.15) is 27.8 Å². The predicted octanol–water partition coefficient (Wildman–Crippen LogP) is 7.01. The Labute approximate surface area is 268 Å². The molecule has 0 unspecified atom stereocenters. The van der Waals surface area contributed by atoms with E-state index in [1.165, 1.54) is 12.1 Å². The molecule has 0 aliphatic carbocycles. The molecular formula is C34H35ClFNO7S. The minimum atomic E-state index is -4.10. The van der Waals surface area contributed by atoms with Crippen LogP contribution < -0.4 is 18.9 Å². The van der Waals surface area contributed by atoms with E-state index in [4.69, 9.17) is 30.5 Å². The van der Waals surface area contributed by atoms with Crippen molar-refractivity contribution in [2.24, 2.45) is 0 Å². The van der Waals surface area contributed by atoms with E-state index in [0.717, 1.165) is 44.9 Å². The standard InChI is InChI=1S/C34H35ClFNO7S/c1-22-15-27(19-37(3)11-14-45(38,39)40)33(43-20-24-7-9-30(36)29(35)16-24)18-32(22)44-21-26-5-4-6-28(23(26)2)25-8-10-31-34(17-25)42-13-12-41-31/h4-10,15-18H,11-14,19-21H2,1-3H3,(H,38,39,40). The Balaban J connectivity index is 1.37. The third-order valence-electron chi connectivity index (χ3n) is 7.59. The van der Waals surface area contributed by atoms with Crippen molar-refractivity contribution in [3.05, 3.63) is 105 Å². The van der Waals surface area contributed by atoms with Crippen LogP contribution in [0.25, 0.3) is 11.1 Å². The van der Waals surface area contributed by atoms with Crippen LogP contribution in [0.15, 0.2) is 66.7 Å².